The summed E-state index contributed by atoms with van der Waals surface area (Å²) < 4.78 is 104. The zero-order chi connectivity index (χ0) is 17.5. The summed E-state index contributed by atoms with van der Waals surface area (Å²) >= 11 is 11.8. The molecule has 0 saturated carbocycles. The zero-order valence-corrected chi connectivity index (χ0v) is 11.1. The molecule has 0 radical (unpaired) electrons. The Kier molecular flexibility index (Phi) is 5.38. The molecule has 0 aliphatic heterocycles. The predicted octanol–water partition coefficient (Wildman–Crippen LogP) is 4.12. The van der Waals surface area contributed by atoms with E-state index in [0.29, 0.717) is 0 Å². The topological polar surface area (TPSA) is 55.7 Å². The highest BCUT2D eigenvalue weighted by Gasteiger charge is 2.85. The minimum Gasteiger partial charge on any atom is -0.277 e. The maximum absolute atomic E-state index is 13.4. The van der Waals surface area contributed by atoms with E-state index in [1.54, 1.807) is 0 Å². The minimum atomic E-state index is -6.64. The van der Waals surface area contributed by atoms with Crippen LogP contribution >= 0.6 is 34.8 Å². The van der Waals surface area contributed by atoms with Gasteiger partial charge in [-0.3, -0.25) is 4.84 Å². The van der Waals surface area contributed by atoms with Crippen molar-refractivity contribution in [3.8, 4) is 0 Å². The van der Waals surface area contributed by atoms with E-state index in [1.807, 2.05) is 0 Å². The average molecular weight is 392 g/mol. The zero-order valence-electron chi connectivity index (χ0n) is 8.83. The minimum absolute atomic E-state index is 1.06. The molecule has 124 valence electrons. The molecule has 0 rings (SSSR count). The third-order valence-corrected chi connectivity index (χ3v) is 3.22. The molecule has 2 unspecified atom stereocenters. The quantitative estimate of drug-likeness (QED) is 0.296. The second kappa shape index (κ2) is 5.54. The maximum Gasteiger partial charge on any atom is 0.412 e. The van der Waals surface area contributed by atoms with Crippen molar-refractivity contribution >= 4 is 40.8 Å². The largest absolute Gasteiger partial charge is 0.412 e. The first-order chi connectivity index (χ1) is 8.98. The van der Waals surface area contributed by atoms with Crippen molar-refractivity contribution in [3.63, 3.8) is 0 Å². The van der Waals surface area contributed by atoms with Crippen molar-refractivity contribution in [1.82, 2.24) is 0 Å². The van der Waals surface area contributed by atoms with Crippen LogP contribution in [0.4, 0.5) is 35.1 Å². The number of carbonyl (C=O) groups is 1. The Morgan fingerprint density at radius 1 is 0.857 bits per heavy atom. The average Bonchev–Trinajstić information content (AvgIpc) is 2.26. The maximum atomic E-state index is 13.4. The molecule has 15 heteroatoms. The molecule has 21 heavy (non-hydrogen) atoms. The van der Waals surface area contributed by atoms with Gasteiger partial charge in [0.25, 0.3) is 0 Å². The van der Waals surface area contributed by atoms with Gasteiger partial charge in [0, 0.05) is 0 Å². The summed E-state index contributed by atoms with van der Waals surface area (Å²) in [5.41, 5.74) is 0. The molecule has 0 amide bonds. The second-order valence-corrected chi connectivity index (χ2v) is 4.76. The highest BCUT2D eigenvalue weighted by molar-refractivity contribution is 6.34. The molecule has 0 saturated heterocycles. The van der Waals surface area contributed by atoms with E-state index in [-0.39, 0.29) is 0 Å². The number of nitrogens with zero attached hydrogens (tertiary/aromatic N) is 1. The van der Waals surface area contributed by atoms with Crippen molar-refractivity contribution in [2.75, 3.05) is 0 Å². The van der Waals surface area contributed by atoms with Gasteiger partial charge in [0.05, 0.1) is 0 Å². The number of carbonyl (C=O) groups excluding carboxylic acids is 1. The van der Waals surface area contributed by atoms with E-state index < -0.39 is 33.5 Å². The van der Waals surface area contributed by atoms with Gasteiger partial charge in [-0.25, -0.2) is 13.6 Å². The van der Waals surface area contributed by atoms with Gasteiger partial charge in [0.1, 0.15) is 0 Å². The van der Waals surface area contributed by atoms with Crippen LogP contribution in [0, 0.1) is 4.91 Å². The summed E-state index contributed by atoms with van der Waals surface area (Å²) in [6.07, 6.45) is 0. The van der Waals surface area contributed by atoms with Crippen LogP contribution in [0.5, 0.6) is 0 Å². The Balaban J connectivity index is 6.00. The van der Waals surface area contributed by atoms with E-state index in [9.17, 15) is 44.8 Å². The summed E-state index contributed by atoms with van der Waals surface area (Å²) in [5, 5.41) is -16.9. The van der Waals surface area contributed by atoms with Gasteiger partial charge in [-0.05, 0) is 11.6 Å². The van der Waals surface area contributed by atoms with Gasteiger partial charge < -0.3 is 0 Å². The van der Waals surface area contributed by atoms with Gasteiger partial charge in [-0.1, -0.05) is 23.2 Å². The summed E-state index contributed by atoms with van der Waals surface area (Å²) in [6, 6.07) is 0. The summed E-state index contributed by atoms with van der Waals surface area (Å²) in [7, 11) is 0. The molecule has 0 heterocycles. The molecule has 0 N–H and O–H groups in total. The van der Waals surface area contributed by atoms with Crippen molar-refractivity contribution in [2.45, 2.75) is 27.5 Å². The van der Waals surface area contributed by atoms with E-state index in [1.165, 1.54) is 0 Å². The molecule has 0 fully saturated rings. The highest BCUT2D eigenvalue weighted by Crippen LogP contribution is 2.60. The number of hydrogen-bond acceptors (Lipinski definition) is 4. The molecule has 0 aromatic heterocycles. The van der Waals surface area contributed by atoms with Crippen LogP contribution in [0.1, 0.15) is 0 Å². The molecular formula is C6Cl3F8NO3. The monoisotopic (exact) mass is 391 g/mol. The van der Waals surface area contributed by atoms with Crippen LogP contribution in [-0.4, -0.2) is 33.5 Å². The Hall–Kier alpha value is -0.620. The molecule has 0 spiro atoms. The van der Waals surface area contributed by atoms with Crippen LogP contribution in [0.15, 0.2) is 5.34 Å². The standard InChI is InChI=1S/C6Cl3F8NO3/c7-3(12,2(10,11)1(19)21-18-20)5(14,15)4(8,13)6(9,16)17. The number of hydrogen-bond donors (Lipinski definition) is 0. The lowest BCUT2D eigenvalue weighted by Crippen LogP contribution is -2.67. The van der Waals surface area contributed by atoms with Gasteiger partial charge in [-0.2, -0.15) is 26.3 Å². The lowest BCUT2D eigenvalue weighted by Gasteiger charge is -2.38. The lowest BCUT2D eigenvalue weighted by molar-refractivity contribution is -0.266. The molecular weight excluding hydrogens is 392 g/mol. The lowest BCUT2D eigenvalue weighted by atomic mass is 10.0. The Labute approximate surface area is 124 Å². The van der Waals surface area contributed by atoms with Crippen LogP contribution in [0.25, 0.3) is 0 Å². The third kappa shape index (κ3) is 2.97. The molecule has 0 aromatic carbocycles. The fourth-order valence-electron chi connectivity index (χ4n) is 0.792. The van der Waals surface area contributed by atoms with Crippen LogP contribution in [-0.2, 0) is 9.63 Å². The van der Waals surface area contributed by atoms with E-state index in [2.05, 4.69) is 39.6 Å². The molecule has 0 aliphatic carbocycles. The van der Waals surface area contributed by atoms with Crippen LogP contribution in [0.2, 0.25) is 0 Å². The van der Waals surface area contributed by atoms with Gasteiger partial charge >= 0.3 is 33.5 Å². The van der Waals surface area contributed by atoms with Gasteiger partial charge in [0.15, 0.2) is 5.34 Å². The molecule has 0 aliphatic rings. The van der Waals surface area contributed by atoms with Gasteiger partial charge in [0.2, 0.25) is 0 Å². The highest BCUT2D eigenvalue weighted by atomic mass is 35.5. The first-order valence-electron chi connectivity index (χ1n) is 4.10. The summed E-state index contributed by atoms with van der Waals surface area (Å²) in [4.78, 5) is 22.4. The molecule has 2 atom stereocenters. The first kappa shape index (κ1) is 20.4. The third-order valence-electron chi connectivity index (χ3n) is 1.92. The van der Waals surface area contributed by atoms with E-state index >= 15 is 0 Å². The fraction of sp³-hybridized carbons (Fsp3) is 0.833. The van der Waals surface area contributed by atoms with Crippen LogP contribution < -0.4 is 0 Å². The van der Waals surface area contributed by atoms with E-state index in [0.717, 1.165) is 5.34 Å². The number of halogens is 11. The normalized spacial score (nSPS) is 19.4. The fourth-order valence-corrected chi connectivity index (χ4v) is 1.30. The summed E-state index contributed by atoms with van der Waals surface area (Å²) in [5.74, 6) is -16.3. The first-order valence-corrected chi connectivity index (χ1v) is 5.24. The van der Waals surface area contributed by atoms with Crippen molar-refractivity contribution in [1.29, 1.82) is 0 Å². The predicted molar refractivity (Wildman–Crippen MR) is 52.0 cm³/mol. The Bertz CT molecular complexity index is 437. The van der Waals surface area contributed by atoms with Gasteiger partial charge in [-0.15, -0.1) is 4.91 Å². The smallest absolute Gasteiger partial charge is 0.277 e. The van der Waals surface area contributed by atoms with E-state index in [4.69, 9.17) is 0 Å². The summed E-state index contributed by atoms with van der Waals surface area (Å²) in [6.45, 7) is 0. The molecule has 0 bridgehead atoms. The van der Waals surface area contributed by atoms with Crippen molar-refractivity contribution in [3.05, 3.63) is 4.91 Å². The van der Waals surface area contributed by atoms with Crippen LogP contribution in [0.3, 0.4) is 0 Å². The number of alkyl halides is 11. The molecule has 4 nitrogen and oxygen atoms in total. The van der Waals surface area contributed by atoms with Crippen molar-refractivity contribution in [2.24, 2.45) is 5.34 Å². The Morgan fingerprint density at radius 2 is 1.24 bits per heavy atom. The van der Waals surface area contributed by atoms with Crippen molar-refractivity contribution < 1.29 is 44.8 Å². The SMILES string of the molecule is O=NOC(=O)C(F)(F)C(F)(Cl)C(F)(F)C(F)(Cl)C(F)(F)Cl. The second-order valence-electron chi connectivity index (χ2n) is 3.25. The number of rotatable bonds is 6. The Morgan fingerprint density at radius 3 is 1.52 bits per heavy atom. The molecule has 0 aromatic rings.